The normalized spacial score (nSPS) is 12.0. The average Bonchev–Trinajstić information content (AvgIpc) is 4.02. The van der Waals surface area contributed by atoms with E-state index in [0.717, 1.165) is 99.5 Å². The van der Waals surface area contributed by atoms with E-state index >= 15 is 0 Å². The molecule has 6 heteroatoms. The van der Waals surface area contributed by atoms with Gasteiger partial charge >= 0.3 is 0 Å². The largest absolute Gasteiger partial charge is 0.456 e. The molecule has 0 aliphatic carbocycles. The SMILES string of the molecule is c1ccc(-c2nc3ccc4oc5cc(N(c6cccc7c6oc6ccccc67)c6cccc7c6c6ccccc6n7-c6ccccc6)ccc5c4c3o2)cc1. The van der Waals surface area contributed by atoms with E-state index in [0.29, 0.717) is 11.5 Å². The number of aromatic nitrogens is 2. The zero-order valence-corrected chi connectivity index (χ0v) is 29.3. The summed E-state index contributed by atoms with van der Waals surface area (Å²) in [6.45, 7) is 0. The third-order valence-corrected chi connectivity index (χ3v) is 10.8. The number of fused-ring (bicyclic) bond motifs is 11. The summed E-state index contributed by atoms with van der Waals surface area (Å²) < 4.78 is 22.2. The van der Waals surface area contributed by atoms with E-state index in [9.17, 15) is 0 Å². The maximum absolute atomic E-state index is 6.71. The molecule has 0 bridgehead atoms. The Morgan fingerprint density at radius 1 is 0.436 bits per heavy atom. The first kappa shape index (κ1) is 29.9. The molecule has 12 rings (SSSR count). The van der Waals surface area contributed by atoms with Gasteiger partial charge in [-0.25, -0.2) is 4.98 Å². The second-order valence-electron chi connectivity index (χ2n) is 13.9. The maximum atomic E-state index is 6.71. The number of rotatable bonds is 5. The van der Waals surface area contributed by atoms with Gasteiger partial charge in [-0.1, -0.05) is 91.0 Å². The minimum absolute atomic E-state index is 0.585. The molecule has 0 N–H and O–H groups in total. The molecule has 4 aromatic heterocycles. The number of furan rings is 2. The molecule has 6 nitrogen and oxygen atoms in total. The summed E-state index contributed by atoms with van der Waals surface area (Å²) in [5.74, 6) is 0.585. The summed E-state index contributed by atoms with van der Waals surface area (Å²) in [6, 6.07) is 60.8. The number of benzene rings is 8. The molecular weight excluding hydrogens is 679 g/mol. The van der Waals surface area contributed by atoms with Crippen LogP contribution in [0, 0.1) is 0 Å². The Bertz CT molecular complexity index is 3440. The molecule has 0 unspecified atom stereocenters. The molecule has 0 aliphatic rings. The van der Waals surface area contributed by atoms with Crippen molar-refractivity contribution in [3.63, 3.8) is 0 Å². The minimum atomic E-state index is 0.585. The molecule has 12 aromatic rings. The average molecular weight is 708 g/mol. The zero-order valence-electron chi connectivity index (χ0n) is 29.3. The summed E-state index contributed by atoms with van der Waals surface area (Å²) in [5.41, 5.74) is 11.8. The fourth-order valence-electron chi connectivity index (χ4n) is 8.44. The van der Waals surface area contributed by atoms with Gasteiger partial charge in [0.2, 0.25) is 5.89 Å². The van der Waals surface area contributed by atoms with Gasteiger partial charge in [-0.15, -0.1) is 0 Å². The van der Waals surface area contributed by atoms with Crippen LogP contribution in [0.5, 0.6) is 0 Å². The number of oxazole rings is 1. The van der Waals surface area contributed by atoms with Crippen molar-refractivity contribution < 1.29 is 13.3 Å². The predicted molar refractivity (Wildman–Crippen MR) is 223 cm³/mol. The van der Waals surface area contributed by atoms with Crippen LogP contribution in [0.25, 0.3) is 93.9 Å². The van der Waals surface area contributed by atoms with Crippen LogP contribution in [-0.4, -0.2) is 9.55 Å². The Hall–Kier alpha value is -7.57. The number of hydrogen-bond acceptors (Lipinski definition) is 5. The lowest BCUT2D eigenvalue weighted by atomic mass is 10.1. The zero-order chi connectivity index (χ0) is 36.0. The van der Waals surface area contributed by atoms with E-state index in [2.05, 4.69) is 131 Å². The van der Waals surface area contributed by atoms with Crippen molar-refractivity contribution in [1.29, 1.82) is 0 Å². The molecule has 258 valence electrons. The third kappa shape index (κ3) is 4.39. The molecule has 0 saturated carbocycles. The van der Waals surface area contributed by atoms with Crippen LogP contribution in [0.3, 0.4) is 0 Å². The number of para-hydroxylation sites is 4. The smallest absolute Gasteiger partial charge is 0.227 e. The molecule has 0 radical (unpaired) electrons. The van der Waals surface area contributed by atoms with Crippen molar-refractivity contribution in [3.05, 3.63) is 176 Å². The van der Waals surface area contributed by atoms with Crippen molar-refractivity contribution >= 4 is 93.8 Å². The summed E-state index contributed by atoms with van der Waals surface area (Å²) in [4.78, 5) is 7.16. The lowest BCUT2D eigenvalue weighted by molar-refractivity contribution is 0.622. The summed E-state index contributed by atoms with van der Waals surface area (Å²) >= 11 is 0. The standard InChI is InChI=1S/C49H29N3O3/c1-3-13-30(14-4-1)49-50-37-27-28-43-46(48(37)55-49)36-26-25-32(29-44(36)53-43)52(41-23-11-19-34-33-17-8-10-24-42(33)54-47(34)41)40-22-12-21-39-45(40)35-18-7-9-20-38(35)51(39)31-15-5-2-6-16-31/h1-29H. The highest BCUT2D eigenvalue weighted by atomic mass is 16.4. The topological polar surface area (TPSA) is 60.5 Å². The maximum Gasteiger partial charge on any atom is 0.227 e. The van der Waals surface area contributed by atoms with Gasteiger partial charge in [0.1, 0.15) is 22.3 Å². The van der Waals surface area contributed by atoms with Crippen LogP contribution in [0.15, 0.2) is 189 Å². The van der Waals surface area contributed by atoms with E-state index < -0.39 is 0 Å². The van der Waals surface area contributed by atoms with Crippen LogP contribution in [0.2, 0.25) is 0 Å². The molecule has 0 aliphatic heterocycles. The third-order valence-electron chi connectivity index (χ3n) is 10.8. The monoisotopic (exact) mass is 707 g/mol. The van der Waals surface area contributed by atoms with E-state index in [1.165, 1.54) is 0 Å². The second kappa shape index (κ2) is 11.5. The second-order valence-corrected chi connectivity index (χ2v) is 13.9. The lowest BCUT2D eigenvalue weighted by Gasteiger charge is -2.26. The first-order chi connectivity index (χ1) is 27.3. The van der Waals surface area contributed by atoms with Crippen molar-refractivity contribution in [3.8, 4) is 17.1 Å². The molecule has 4 heterocycles. The summed E-state index contributed by atoms with van der Waals surface area (Å²) in [6.07, 6.45) is 0. The van der Waals surface area contributed by atoms with Crippen LogP contribution in [0.1, 0.15) is 0 Å². The van der Waals surface area contributed by atoms with Crippen molar-refractivity contribution in [2.75, 3.05) is 4.90 Å². The van der Waals surface area contributed by atoms with Crippen molar-refractivity contribution in [2.45, 2.75) is 0 Å². The van der Waals surface area contributed by atoms with Crippen LogP contribution < -0.4 is 4.90 Å². The highest BCUT2D eigenvalue weighted by Gasteiger charge is 2.25. The van der Waals surface area contributed by atoms with Gasteiger partial charge in [0, 0.05) is 44.2 Å². The minimum Gasteiger partial charge on any atom is -0.456 e. The highest BCUT2D eigenvalue weighted by Crippen LogP contribution is 2.48. The van der Waals surface area contributed by atoms with Crippen molar-refractivity contribution in [1.82, 2.24) is 9.55 Å². The first-order valence-electron chi connectivity index (χ1n) is 18.4. The highest BCUT2D eigenvalue weighted by molar-refractivity contribution is 6.20. The molecule has 0 amide bonds. The quantitative estimate of drug-likeness (QED) is 0.178. The van der Waals surface area contributed by atoms with Crippen molar-refractivity contribution in [2.24, 2.45) is 0 Å². The number of hydrogen-bond donors (Lipinski definition) is 0. The summed E-state index contributed by atoms with van der Waals surface area (Å²) in [5, 5.41) is 6.30. The lowest BCUT2D eigenvalue weighted by Crippen LogP contribution is -2.10. The van der Waals surface area contributed by atoms with Crippen LogP contribution >= 0.6 is 0 Å². The Labute approximate surface area is 313 Å². The van der Waals surface area contributed by atoms with Gasteiger partial charge in [-0.05, 0) is 78.9 Å². The molecule has 0 saturated heterocycles. The van der Waals surface area contributed by atoms with E-state index in [-0.39, 0.29) is 0 Å². The fraction of sp³-hybridized carbons (Fsp3) is 0. The van der Waals surface area contributed by atoms with Gasteiger partial charge in [-0.3, -0.25) is 0 Å². The Balaban J connectivity index is 1.14. The molecular formula is C49H29N3O3. The fourth-order valence-corrected chi connectivity index (χ4v) is 8.44. The van der Waals surface area contributed by atoms with Gasteiger partial charge in [0.05, 0.1) is 33.5 Å². The van der Waals surface area contributed by atoms with Crippen LogP contribution in [-0.2, 0) is 0 Å². The van der Waals surface area contributed by atoms with Gasteiger partial charge in [0.15, 0.2) is 11.2 Å². The Morgan fingerprint density at radius 3 is 2.05 bits per heavy atom. The molecule has 55 heavy (non-hydrogen) atoms. The predicted octanol–water partition coefficient (Wildman–Crippen LogP) is 13.9. The van der Waals surface area contributed by atoms with E-state index in [4.69, 9.17) is 18.2 Å². The molecule has 0 atom stereocenters. The molecule has 8 aromatic carbocycles. The summed E-state index contributed by atoms with van der Waals surface area (Å²) in [7, 11) is 0. The Kier molecular flexibility index (Phi) is 6.24. The van der Waals surface area contributed by atoms with Gasteiger partial charge < -0.3 is 22.7 Å². The first-order valence-corrected chi connectivity index (χ1v) is 18.4. The Morgan fingerprint density at radius 2 is 1.16 bits per heavy atom. The van der Waals surface area contributed by atoms with Gasteiger partial charge in [-0.2, -0.15) is 0 Å². The van der Waals surface area contributed by atoms with E-state index in [1.807, 2.05) is 54.6 Å². The molecule has 0 spiro atoms. The molecule has 0 fully saturated rings. The van der Waals surface area contributed by atoms with E-state index in [1.54, 1.807) is 0 Å². The van der Waals surface area contributed by atoms with Gasteiger partial charge in [0.25, 0.3) is 0 Å². The van der Waals surface area contributed by atoms with Crippen LogP contribution in [0.4, 0.5) is 17.1 Å². The number of anilines is 3. The number of nitrogens with zero attached hydrogens (tertiary/aromatic N) is 3.